The van der Waals surface area contributed by atoms with Crippen LogP contribution in [0.15, 0.2) is 36.4 Å². The summed E-state index contributed by atoms with van der Waals surface area (Å²) >= 11 is 0. The summed E-state index contributed by atoms with van der Waals surface area (Å²) in [6.45, 7) is 4.41. The summed E-state index contributed by atoms with van der Waals surface area (Å²) in [7, 11) is 0. The molecule has 0 heterocycles. The maximum Gasteiger partial charge on any atom is 0.0826 e. The lowest BCUT2D eigenvalue weighted by Crippen LogP contribution is -2.15. The zero-order chi connectivity index (χ0) is 13.4. The normalized spacial score (nSPS) is 24.8. The molecule has 0 saturated heterocycles. The standard InChI is InChI=1S/C18H22O/c1-12-6-5-9-15(12)18(19)17-11-10-13(2)14-7-3-4-8-16(14)17/h3-4,7-8,10-12,15,18-19H,5-6,9H2,1-2H3. The first-order valence-corrected chi connectivity index (χ1v) is 7.35. The van der Waals surface area contributed by atoms with Crippen LogP contribution >= 0.6 is 0 Å². The highest BCUT2D eigenvalue weighted by atomic mass is 16.3. The molecular weight excluding hydrogens is 232 g/mol. The predicted molar refractivity (Wildman–Crippen MR) is 80.1 cm³/mol. The van der Waals surface area contributed by atoms with Crippen molar-refractivity contribution in [3.63, 3.8) is 0 Å². The van der Waals surface area contributed by atoms with Crippen molar-refractivity contribution in [1.82, 2.24) is 0 Å². The van der Waals surface area contributed by atoms with Gasteiger partial charge in [0, 0.05) is 0 Å². The van der Waals surface area contributed by atoms with E-state index in [0.717, 1.165) is 12.0 Å². The largest absolute Gasteiger partial charge is 0.388 e. The summed E-state index contributed by atoms with van der Waals surface area (Å²) in [5.41, 5.74) is 2.39. The molecule has 0 amide bonds. The molecule has 0 spiro atoms. The number of aliphatic hydroxyl groups excluding tert-OH is 1. The molecule has 3 atom stereocenters. The highest BCUT2D eigenvalue weighted by Gasteiger charge is 2.31. The zero-order valence-electron chi connectivity index (χ0n) is 11.8. The van der Waals surface area contributed by atoms with Gasteiger partial charge >= 0.3 is 0 Å². The molecule has 1 aliphatic rings. The number of rotatable bonds is 2. The van der Waals surface area contributed by atoms with Gasteiger partial charge in [0.15, 0.2) is 0 Å². The Morgan fingerprint density at radius 1 is 1.05 bits per heavy atom. The molecule has 1 saturated carbocycles. The van der Waals surface area contributed by atoms with Crippen molar-refractivity contribution in [2.45, 2.75) is 39.2 Å². The molecule has 1 nitrogen and oxygen atoms in total. The van der Waals surface area contributed by atoms with E-state index >= 15 is 0 Å². The number of fused-ring (bicyclic) bond motifs is 1. The molecular formula is C18H22O. The van der Waals surface area contributed by atoms with E-state index in [1.807, 2.05) is 0 Å². The Bertz CT molecular complexity index is 587. The van der Waals surface area contributed by atoms with Crippen molar-refractivity contribution in [2.75, 3.05) is 0 Å². The maximum atomic E-state index is 10.8. The molecule has 1 N–H and O–H groups in total. The zero-order valence-corrected chi connectivity index (χ0v) is 11.8. The molecule has 0 bridgehead atoms. The second-order valence-corrected chi connectivity index (χ2v) is 6.03. The molecule has 1 aliphatic carbocycles. The summed E-state index contributed by atoms with van der Waals surface area (Å²) < 4.78 is 0. The van der Waals surface area contributed by atoms with Crippen LogP contribution in [-0.2, 0) is 0 Å². The Labute approximate surface area is 115 Å². The molecule has 1 heteroatoms. The minimum absolute atomic E-state index is 0.317. The van der Waals surface area contributed by atoms with Crippen molar-refractivity contribution in [1.29, 1.82) is 0 Å². The van der Waals surface area contributed by atoms with Crippen molar-refractivity contribution in [2.24, 2.45) is 11.8 Å². The Kier molecular flexibility index (Phi) is 3.32. The molecule has 3 unspecified atom stereocenters. The van der Waals surface area contributed by atoms with Crippen molar-refractivity contribution < 1.29 is 5.11 Å². The van der Waals surface area contributed by atoms with Crippen LogP contribution in [0.2, 0.25) is 0 Å². The van der Waals surface area contributed by atoms with Gasteiger partial charge < -0.3 is 5.11 Å². The average molecular weight is 254 g/mol. The van der Waals surface area contributed by atoms with Crippen molar-refractivity contribution in [3.05, 3.63) is 47.5 Å². The van der Waals surface area contributed by atoms with Gasteiger partial charge in [-0.05, 0) is 47.1 Å². The van der Waals surface area contributed by atoms with E-state index in [4.69, 9.17) is 0 Å². The van der Waals surface area contributed by atoms with Crippen LogP contribution < -0.4 is 0 Å². The van der Waals surface area contributed by atoms with Crippen molar-refractivity contribution in [3.8, 4) is 0 Å². The number of hydrogen-bond donors (Lipinski definition) is 1. The molecule has 2 aromatic carbocycles. The third-order valence-corrected chi connectivity index (χ3v) is 4.83. The van der Waals surface area contributed by atoms with Crippen LogP contribution in [0.4, 0.5) is 0 Å². The number of benzene rings is 2. The first kappa shape index (κ1) is 12.7. The predicted octanol–water partition coefficient (Wildman–Crippen LogP) is 4.62. The second kappa shape index (κ2) is 4.97. The van der Waals surface area contributed by atoms with Crippen LogP contribution in [-0.4, -0.2) is 5.11 Å². The fourth-order valence-corrected chi connectivity index (χ4v) is 3.60. The quantitative estimate of drug-likeness (QED) is 0.829. The van der Waals surface area contributed by atoms with Gasteiger partial charge in [-0.25, -0.2) is 0 Å². The highest BCUT2D eigenvalue weighted by molar-refractivity contribution is 5.88. The fraction of sp³-hybridized carbons (Fsp3) is 0.444. The van der Waals surface area contributed by atoms with Crippen LogP contribution in [0.1, 0.15) is 43.4 Å². The Balaban J connectivity index is 2.07. The van der Waals surface area contributed by atoms with Gasteiger partial charge in [0.2, 0.25) is 0 Å². The molecule has 0 radical (unpaired) electrons. The topological polar surface area (TPSA) is 20.2 Å². The van der Waals surface area contributed by atoms with Crippen LogP contribution in [0, 0.1) is 18.8 Å². The summed E-state index contributed by atoms with van der Waals surface area (Å²) in [6.07, 6.45) is 3.35. The third kappa shape index (κ3) is 2.17. The Morgan fingerprint density at radius 2 is 1.79 bits per heavy atom. The van der Waals surface area contributed by atoms with Gasteiger partial charge in [-0.2, -0.15) is 0 Å². The molecule has 100 valence electrons. The van der Waals surface area contributed by atoms with Crippen LogP contribution in [0.3, 0.4) is 0 Å². The first-order valence-electron chi connectivity index (χ1n) is 7.35. The van der Waals surface area contributed by atoms with E-state index in [1.54, 1.807) is 0 Å². The first-order chi connectivity index (χ1) is 9.18. The summed E-state index contributed by atoms with van der Waals surface area (Å²) in [6, 6.07) is 12.7. The lowest BCUT2D eigenvalue weighted by atomic mass is 9.85. The van der Waals surface area contributed by atoms with Crippen molar-refractivity contribution >= 4 is 10.8 Å². The second-order valence-electron chi connectivity index (χ2n) is 6.03. The Morgan fingerprint density at radius 3 is 2.47 bits per heavy atom. The summed E-state index contributed by atoms with van der Waals surface area (Å²) in [5, 5.41) is 13.3. The van der Waals surface area contributed by atoms with Gasteiger partial charge in [0.05, 0.1) is 6.10 Å². The lowest BCUT2D eigenvalue weighted by molar-refractivity contribution is 0.0913. The monoisotopic (exact) mass is 254 g/mol. The van der Waals surface area contributed by atoms with E-state index in [9.17, 15) is 5.11 Å². The highest BCUT2D eigenvalue weighted by Crippen LogP contribution is 2.41. The van der Waals surface area contributed by atoms with E-state index in [-0.39, 0.29) is 6.10 Å². The van der Waals surface area contributed by atoms with Gasteiger partial charge in [-0.3, -0.25) is 0 Å². The van der Waals surface area contributed by atoms with Gasteiger partial charge in [-0.1, -0.05) is 56.2 Å². The molecule has 2 aromatic rings. The van der Waals surface area contributed by atoms with Gasteiger partial charge in [-0.15, -0.1) is 0 Å². The molecule has 0 aliphatic heterocycles. The van der Waals surface area contributed by atoms with E-state index in [2.05, 4.69) is 50.2 Å². The average Bonchev–Trinajstić information content (AvgIpc) is 2.85. The minimum Gasteiger partial charge on any atom is -0.388 e. The number of aliphatic hydroxyl groups is 1. The Hall–Kier alpha value is -1.34. The fourth-order valence-electron chi connectivity index (χ4n) is 3.60. The molecule has 19 heavy (non-hydrogen) atoms. The maximum absolute atomic E-state index is 10.8. The summed E-state index contributed by atoms with van der Waals surface area (Å²) in [4.78, 5) is 0. The summed E-state index contributed by atoms with van der Waals surface area (Å²) in [5.74, 6) is 1.06. The molecule has 1 fully saturated rings. The van der Waals surface area contributed by atoms with Crippen LogP contribution in [0.5, 0.6) is 0 Å². The van der Waals surface area contributed by atoms with Gasteiger partial charge in [0.1, 0.15) is 0 Å². The SMILES string of the molecule is Cc1ccc(C(O)C2CCCC2C)c2ccccc12. The van der Waals surface area contributed by atoms with E-state index < -0.39 is 0 Å². The number of hydrogen-bond acceptors (Lipinski definition) is 1. The van der Waals surface area contributed by atoms with E-state index in [1.165, 1.54) is 29.2 Å². The minimum atomic E-state index is -0.317. The smallest absolute Gasteiger partial charge is 0.0826 e. The molecule has 0 aromatic heterocycles. The van der Waals surface area contributed by atoms with Gasteiger partial charge in [0.25, 0.3) is 0 Å². The molecule has 3 rings (SSSR count). The number of aryl methyl sites for hydroxylation is 1. The third-order valence-electron chi connectivity index (χ3n) is 4.83. The van der Waals surface area contributed by atoms with Crippen LogP contribution in [0.25, 0.3) is 10.8 Å². The lowest BCUT2D eigenvalue weighted by Gasteiger charge is -2.24. The van der Waals surface area contributed by atoms with E-state index in [0.29, 0.717) is 11.8 Å².